The lowest BCUT2D eigenvalue weighted by Crippen LogP contribution is -2.47. The van der Waals surface area contributed by atoms with Crippen molar-refractivity contribution in [3.05, 3.63) is 23.8 Å². The van der Waals surface area contributed by atoms with Gasteiger partial charge in [-0.1, -0.05) is 34.6 Å². The molecule has 154 valence electrons. The summed E-state index contributed by atoms with van der Waals surface area (Å²) >= 11 is 0. The van der Waals surface area contributed by atoms with E-state index >= 15 is 0 Å². The van der Waals surface area contributed by atoms with E-state index < -0.39 is 5.60 Å². The number of aryl methyl sites for hydroxylation is 1. The number of benzene rings is 1. The first-order valence-corrected chi connectivity index (χ1v) is 10.3. The molecule has 1 rings (SSSR count). The lowest BCUT2D eigenvalue weighted by atomic mass is 9.83. The highest BCUT2D eigenvalue weighted by molar-refractivity contribution is 5.97. The van der Waals surface area contributed by atoms with Crippen molar-refractivity contribution < 1.29 is 14.3 Å². The van der Waals surface area contributed by atoms with Crippen molar-refractivity contribution in [2.75, 3.05) is 11.9 Å². The maximum Gasteiger partial charge on any atom is 0.256 e. The first-order valence-electron chi connectivity index (χ1n) is 10.3. The predicted octanol–water partition coefficient (Wildman–Crippen LogP) is 5.98. The molecule has 0 bridgehead atoms. The molecule has 4 heteroatoms. The summed E-state index contributed by atoms with van der Waals surface area (Å²) in [5, 5.41) is 3.10. The molecule has 1 aromatic carbocycles. The Labute approximate surface area is 166 Å². The van der Waals surface area contributed by atoms with Crippen LogP contribution in [0.4, 0.5) is 5.69 Å². The third-order valence-electron chi connectivity index (χ3n) is 4.27. The van der Waals surface area contributed by atoms with Crippen molar-refractivity contribution in [2.45, 2.75) is 86.4 Å². The van der Waals surface area contributed by atoms with Gasteiger partial charge in [0.25, 0.3) is 5.91 Å². The van der Waals surface area contributed by atoms with Crippen LogP contribution in [0.5, 0.6) is 5.75 Å². The van der Waals surface area contributed by atoms with Crippen molar-refractivity contribution >= 4 is 11.6 Å². The molecule has 0 unspecified atom stereocenters. The van der Waals surface area contributed by atoms with Crippen LogP contribution in [0.25, 0.3) is 0 Å². The number of hydrogen-bond donors (Lipinski definition) is 1. The molecule has 0 aliphatic heterocycles. The van der Waals surface area contributed by atoms with Gasteiger partial charge in [0.05, 0.1) is 6.10 Å². The molecule has 0 radical (unpaired) electrons. The van der Waals surface area contributed by atoms with Crippen molar-refractivity contribution in [3.8, 4) is 5.75 Å². The van der Waals surface area contributed by atoms with Crippen LogP contribution in [0.3, 0.4) is 0 Å². The number of nitrogens with one attached hydrogen (secondary N) is 1. The molecule has 0 saturated heterocycles. The average molecular weight is 378 g/mol. The molecule has 0 saturated carbocycles. The van der Waals surface area contributed by atoms with Gasteiger partial charge in [0.15, 0.2) is 0 Å². The number of amides is 1. The Bertz CT molecular complexity index is 583. The van der Waals surface area contributed by atoms with Gasteiger partial charge in [-0.3, -0.25) is 4.79 Å². The second kappa shape index (κ2) is 10.7. The average Bonchev–Trinajstić information content (AvgIpc) is 2.53. The first kappa shape index (κ1) is 23.5. The molecule has 1 aromatic rings. The van der Waals surface area contributed by atoms with E-state index in [-0.39, 0.29) is 12.0 Å². The molecular formula is C23H39NO3. The minimum absolute atomic E-state index is 0.0460. The first-order chi connectivity index (χ1) is 12.6. The molecule has 1 N–H and O–H groups in total. The van der Waals surface area contributed by atoms with Gasteiger partial charge in [-0.15, -0.1) is 0 Å². The van der Waals surface area contributed by atoms with E-state index in [2.05, 4.69) is 39.9 Å². The highest BCUT2D eigenvalue weighted by atomic mass is 16.5. The van der Waals surface area contributed by atoms with Crippen LogP contribution in [-0.4, -0.2) is 24.2 Å². The highest BCUT2D eigenvalue weighted by Crippen LogP contribution is 2.32. The van der Waals surface area contributed by atoms with E-state index in [9.17, 15) is 4.79 Å². The topological polar surface area (TPSA) is 47.6 Å². The minimum Gasteiger partial charge on any atom is -0.491 e. The second-order valence-electron chi connectivity index (χ2n) is 8.64. The summed E-state index contributed by atoms with van der Waals surface area (Å²) in [5.74, 6) is 1.54. The Kier molecular flexibility index (Phi) is 9.31. The van der Waals surface area contributed by atoms with E-state index in [1.54, 1.807) is 0 Å². The van der Waals surface area contributed by atoms with Gasteiger partial charge in [0.2, 0.25) is 0 Å². The van der Waals surface area contributed by atoms with Gasteiger partial charge >= 0.3 is 0 Å². The standard InChI is InChI=1S/C23H39NO3/c1-9-12-26-23(14-16(2)3,15-17(4)5)22(25)24-20-10-11-21(19(8)13-20)27-18(6)7/h10-11,13,16-18H,9,12,14-15H2,1-8H3,(H,24,25). The molecule has 0 aliphatic rings. The highest BCUT2D eigenvalue weighted by Gasteiger charge is 2.40. The molecule has 0 heterocycles. The lowest BCUT2D eigenvalue weighted by molar-refractivity contribution is -0.147. The zero-order valence-corrected chi connectivity index (χ0v) is 18.5. The van der Waals surface area contributed by atoms with Crippen molar-refractivity contribution in [1.29, 1.82) is 0 Å². The van der Waals surface area contributed by atoms with Gasteiger partial charge < -0.3 is 14.8 Å². The SMILES string of the molecule is CCCOC(CC(C)C)(CC(C)C)C(=O)Nc1ccc(OC(C)C)c(C)c1. The number of carbonyl (C=O) groups is 1. The van der Waals surface area contributed by atoms with E-state index in [4.69, 9.17) is 9.47 Å². The fraction of sp³-hybridized carbons (Fsp3) is 0.696. The van der Waals surface area contributed by atoms with Gasteiger partial charge in [-0.05, 0) is 75.6 Å². The van der Waals surface area contributed by atoms with E-state index in [1.165, 1.54) is 0 Å². The summed E-state index contributed by atoms with van der Waals surface area (Å²) in [5.41, 5.74) is 0.999. The molecule has 27 heavy (non-hydrogen) atoms. The zero-order valence-electron chi connectivity index (χ0n) is 18.5. The van der Waals surface area contributed by atoms with Crippen LogP contribution in [-0.2, 0) is 9.53 Å². The van der Waals surface area contributed by atoms with Gasteiger partial charge in [0, 0.05) is 12.3 Å². The predicted molar refractivity (Wildman–Crippen MR) is 113 cm³/mol. The summed E-state index contributed by atoms with van der Waals surface area (Å²) in [6.07, 6.45) is 2.44. The third-order valence-corrected chi connectivity index (χ3v) is 4.27. The number of ether oxygens (including phenoxy) is 2. The molecular weight excluding hydrogens is 338 g/mol. The molecule has 0 aromatic heterocycles. The monoisotopic (exact) mass is 377 g/mol. The maximum atomic E-state index is 13.3. The van der Waals surface area contributed by atoms with Crippen LogP contribution < -0.4 is 10.1 Å². The Balaban J connectivity index is 3.08. The molecule has 0 aliphatic carbocycles. The van der Waals surface area contributed by atoms with Crippen LogP contribution >= 0.6 is 0 Å². The second-order valence-corrected chi connectivity index (χ2v) is 8.64. The number of hydrogen-bond acceptors (Lipinski definition) is 3. The third kappa shape index (κ3) is 7.53. The fourth-order valence-corrected chi connectivity index (χ4v) is 3.43. The smallest absolute Gasteiger partial charge is 0.256 e. The van der Waals surface area contributed by atoms with Crippen molar-refractivity contribution in [1.82, 2.24) is 0 Å². The number of carbonyl (C=O) groups excluding carboxylic acids is 1. The summed E-state index contributed by atoms with van der Waals surface area (Å²) in [7, 11) is 0. The van der Waals surface area contributed by atoms with Crippen molar-refractivity contribution in [2.24, 2.45) is 11.8 Å². The molecule has 0 atom stereocenters. The Morgan fingerprint density at radius 1 is 1.07 bits per heavy atom. The normalized spacial score (nSPS) is 12.1. The van der Waals surface area contributed by atoms with Crippen LogP contribution in [0.2, 0.25) is 0 Å². The summed E-state index contributed by atoms with van der Waals surface area (Å²) in [4.78, 5) is 13.3. The quantitative estimate of drug-likeness (QED) is 0.516. The number of anilines is 1. The molecule has 0 fully saturated rings. The van der Waals surface area contributed by atoms with Gasteiger partial charge in [-0.25, -0.2) is 0 Å². The Morgan fingerprint density at radius 3 is 2.11 bits per heavy atom. The van der Waals surface area contributed by atoms with E-state index in [0.717, 1.165) is 23.4 Å². The van der Waals surface area contributed by atoms with Gasteiger partial charge in [0.1, 0.15) is 11.4 Å². The fourth-order valence-electron chi connectivity index (χ4n) is 3.43. The summed E-state index contributed by atoms with van der Waals surface area (Å²) < 4.78 is 12.0. The Hall–Kier alpha value is -1.55. The summed E-state index contributed by atoms with van der Waals surface area (Å²) in [6, 6.07) is 5.79. The lowest BCUT2D eigenvalue weighted by Gasteiger charge is -2.35. The Morgan fingerprint density at radius 2 is 1.67 bits per heavy atom. The zero-order chi connectivity index (χ0) is 20.6. The van der Waals surface area contributed by atoms with E-state index in [1.807, 2.05) is 39.0 Å². The molecule has 0 spiro atoms. The van der Waals surface area contributed by atoms with Gasteiger partial charge in [-0.2, -0.15) is 0 Å². The summed E-state index contributed by atoms with van der Waals surface area (Å²) in [6.45, 7) is 17.2. The number of rotatable bonds is 11. The van der Waals surface area contributed by atoms with Crippen LogP contribution in [0.1, 0.15) is 73.3 Å². The van der Waals surface area contributed by atoms with E-state index in [0.29, 0.717) is 31.3 Å². The largest absolute Gasteiger partial charge is 0.491 e. The molecule has 4 nitrogen and oxygen atoms in total. The van der Waals surface area contributed by atoms with Crippen molar-refractivity contribution in [3.63, 3.8) is 0 Å². The van der Waals surface area contributed by atoms with Crippen LogP contribution in [0, 0.1) is 18.8 Å². The maximum absolute atomic E-state index is 13.3. The molecule has 1 amide bonds. The minimum atomic E-state index is -0.792. The van der Waals surface area contributed by atoms with Crippen LogP contribution in [0.15, 0.2) is 18.2 Å².